The van der Waals surface area contributed by atoms with Crippen molar-refractivity contribution in [1.29, 1.82) is 0 Å². The van der Waals surface area contributed by atoms with Crippen LogP contribution in [0, 0.1) is 13.8 Å². The van der Waals surface area contributed by atoms with Crippen molar-refractivity contribution in [3.05, 3.63) is 56.8 Å². The summed E-state index contributed by atoms with van der Waals surface area (Å²) in [6, 6.07) is 7.22. The SMILES string of the molecule is CCC(=O)CNC(=O)Cc1[nH]c(C)c(C(=O)c2cccc(Br)c2)c1C. The zero-order chi connectivity index (χ0) is 18.6. The fraction of sp³-hybridized carbons (Fsp3) is 0.316. The van der Waals surface area contributed by atoms with Crippen LogP contribution in [-0.4, -0.2) is 29.0 Å². The van der Waals surface area contributed by atoms with Gasteiger partial charge in [-0.3, -0.25) is 14.4 Å². The Morgan fingerprint density at radius 2 is 1.92 bits per heavy atom. The van der Waals surface area contributed by atoms with Gasteiger partial charge in [-0.25, -0.2) is 0 Å². The van der Waals surface area contributed by atoms with Gasteiger partial charge < -0.3 is 10.3 Å². The van der Waals surface area contributed by atoms with Gasteiger partial charge in [-0.15, -0.1) is 0 Å². The Morgan fingerprint density at radius 3 is 2.56 bits per heavy atom. The normalized spacial score (nSPS) is 10.6. The van der Waals surface area contributed by atoms with Gasteiger partial charge >= 0.3 is 0 Å². The number of carbonyl (C=O) groups is 3. The van der Waals surface area contributed by atoms with Crippen LogP contribution >= 0.6 is 15.9 Å². The summed E-state index contributed by atoms with van der Waals surface area (Å²) in [6.45, 7) is 5.44. The van der Waals surface area contributed by atoms with Crippen molar-refractivity contribution in [1.82, 2.24) is 10.3 Å². The molecule has 132 valence electrons. The monoisotopic (exact) mass is 404 g/mol. The minimum Gasteiger partial charge on any atom is -0.361 e. The molecule has 1 heterocycles. The van der Waals surface area contributed by atoms with E-state index in [1.54, 1.807) is 19.1 Å². The van der Waals surface area contributed by atoms with E-state index in [0.717, 1.165) is 15.7 Å². The number of H-pyrrole nitrogens is 1. The zero-order valence-electron chi connectivity index (χ0n) is 14.5. The van der Waals surface area contributed by atoms with E-state index in [0.29, 0.717) is 23.2 Å². The van der Waals surface area contributed by atoms with E-state index in [-0.39, 0.29) is 30.4 Å². The summed E-state index contributed by atoms with van der Waals surface area (Å²) >= 11 is 3.37. The standard InChI is InChI=1S/C19H21BrN2O3/c1-4-15(23)10-21-17(24)9-16-11(2)18(12(3)22-16)19(25)13-6-5-7-14(20)8-13/h5-8,22H,4,9-10H2,1-3H3,(H,21,24). The minimum absolute atomic E-state index is 0.0155. The maximum Gasteiger partial charge on any atom is 0.226 e. The molecule has 2 rings (SSSR count). The number of Topliss-reactive ketones (excluding diaryl/α,β-unsaturated/α-hetero) is 1. The third kappa shape index (κ3) is 4.66. The van der Waals surface area contributed by atoms with Crippen LogP contribution in [0.1, 0.15) is 46.2 Å². The molecule has 0 bridgehead atoms. The summed E-state index contributed by atoms with van der Waals surface area (Å²) in [5.74, 6) is -0.341. The van der Waals surface area contributed by atoms with Crippen LogP contribution in [0.25, 0.3) is 0 Å². The second kappa shape index (κ2) is 8.25. The van der Waals surface area contributed by atoms with E-state index in [1.807, 2.05) is 26.0 Å². The van der Waals surface area contributed by atoms with Crippen molar-refractivity contribution >= 4 is 33.4 Å². The summed E-state index contributed by atoms with van der Waals surface area (Å²) in [7, 11) is 0. The molecule has 2 N–H and O–H groups in total. The zero-order valence-corrected chi connectivity index (χ0v) is 16.1. The lowest BCUT2D eigenvalue weighted by molar-refractivity contribution is -0.124. The van der Waals surface area contributed by atoms with Gasteiger partial charge in [-0.05, 0) is 31.5 Å². The van der Waals surface area contributed by atoms with Gasteiger partial charge in [0.15, 0.2) is 11.6 Å². The first-order valence-corrected chi connectivity index (χ1v) is 8.89. The van der Waals surface area contributed by atoms with Crippen molar-refractivity contribution in [2.75, 3.05) is 6.54 Å². The first kappa shape index (κ1) is 19.1. The van der Waals surface area contributed by atoms with Crippen LogP contribution in [-0.2, 0) is 16.0 Å². The largest absolute Gasteiger partial charge is 0.361 e. The van der Waals surface area contributed by atoms with E-state index in [9.17, 15) is 14.4 Å². The molecule has 0 aliphatic heterocycles. The number of halogens is 1. The minimum atomic E-state index is -0.243. The van der Waals surface area contributed by atoms with Crippen LogP contribution in [0.5, 0.6) is 0 Å². The molecule has 0 atom stereocenters. The fourth-order valence-electron chi connectivity index (χ4n) is 2.65. The smallest absolute Gasteiger partial charge is 0.226 e. The number of aryl methyl sites for hydroxylation is 1. The predicted molar refractivity (Wildman–Crippen MR) is 99.9 cm³/mol. The Labute approximate surface area is 155 Å². The van der Waals surface area contributed by atoms with Gasteiger partial charge in [0, 0.05) is 33.4 Å². The average Bonchev–Trinajstić information content (AvgIpc) is 2.85. The van der Waals surface area contributed by atoms with Crippen molar-refractivity contribution in [2.24, 2.45) is 0 Å². The quantitative estimate of drug-likeness (QED) is 0.694. The Hall–Kier alpha value is -2.21. The molecule has 0 aliphatic carbocycles. The van der Waals surface area contributed by atoms with Gasteiger partial charge in [0.05, 0.1) is 13.0 Å². The third-order valence-electron chi connectivity index (χ3n) is 4.07. The highest BCUT2D eigenvalue weighted by Gasteiger charge is 2.21. The third-order valence-corrected chi connectivity index (χ3v) is 4.56. The van der Waals surface area contributed by atoms with E-state index in [2.05, 4.69) is 26.2 Å². The molecule has 0 spiro atoms. The molecule has 5 nitrogen and oxygen atoms in total. The van der Waals surface area contributed by atoms with E-state index >= 15 is 0 Å². The first-order valence-electron chi connectivity index (χ1n) is 8.10. The Kier molecular flexibility index (Phi) is 6.31. The molecule has 0 fully saturated rings. The van der Waals surface area contributed by atoms with Crippen LogP contribution in [0.3, 0.4) is 0 Å². The topological polar surface area (TPSA) is 79.0 Å². The summed E-state index contributed by atoms with van der Waals surface area (Å²) < 4.78 is 0.837. The van der Waals surface area contributed by atoms with Crippen molar-refractivity contribution in [3.63, 3.8) is 0 Å². The molecular formula is C19H21BrN2O3. The lowest BCUT2D eigenvalue weighted by atomic mass is 9.99. The molecule has 1 aromatic carbocycles. The van der Waals surface area contributed by atoms with Gasteiger partial charge in [0.1, 0.15) is 0 Å². The summed E-state index contributed by atoms with van der Waals surface area (Å²) in [6.07, 6.45) is 0.502. The number of amides is 1. The Morgan fingerprint density at radius 1 is 1.20 bits per heavy atom. The van der Waals surface area contributed by atoms with Crippen molar-refractivity contribution in [2.45, 2.75) is 33.6 Å². The maximum atomic E-state index is 12.8. The number of ketones is 2. The predicted octanol–water partition coefficient (Wildman–Crippen LogP) is 3.26. The van der Waals surface area contributed by atoms with Gasteiger partial charge in [0.25, 0.3) is 0 Å². The highest BCUT2D eigenvalue weighted by atomic mass is 79.9. The molecule has 0 aliphatic rings. The number of benzene rings is 1. The number of hydrogen-bond donors (Lipinski definition) is 2. The molecular weight excluding hydrogens is 384 g/mol. The molecule has 1 amide bonds. The number of carbonyl (C=O) groups excluding carboxylic acids is 3. The van der Waals surface area contributed by atoms with Gasteiger partial charge in [-0.1, -0.05) is 35.0 Å². The molecule has 6 heteroatoms. The maximum absolute atomic E-state index is 12.8. The van der Waals surface area contributed by atoms with Crippen LogP contribution in [0.2, 0.25) is 0 Å². The van der Waals surface area contributed by atoms with E-state index < -0.39 is 0 Å². The van der Waals surface area contributed by atoms with Crippen LogP contribution in [0.4, 0.5) is 0 Å². The highest BCUT2D eigenvalue weighted by molar-refractivity contribution is 9.10. The molecule has 0 saturated carbocycles. The molecule has 0 radical (unpaired) electrons. The molecule has 1 aromatic heterocycles. The van der Waals surface area contributed by atoms with Crippen molar-refractivity contribution < 1.29 is 14.4 Å². The number of aromatic amines is 1. The Balaban J connectivity index is 2.19. The van der Waals surface area contributed by atoms with E-state index in [4.69, 9.17) is 0 Å². The highest BCUT2D eigenvalue weighted by Crippen LogP contribution is 2.23. The molecule has 2 aromatic rings. The van der Waals surface area contributed by atoms with Crippen molar-refractivity contribution in [3.8, 4) is 0 Å². The molecule has 0 unspecified atom stereocenters. The van der Waals surface area contributed by atoms with E-state index in [1.165, 1.54) is 0 Å². The summed E-state index contributed by atoms with van der Waals surface area (Å²) in [5.41, 5.74) is 3.36. The summed E-state index contributed by atoms with van der Waals surface area (Å²) in [4.78, 5) is 39.3. The number of hydrogen-bond acceptors (Lipinski definition) is 3. The Bertz CT molecular complexity index is 824. The summed E-state index contributed by atoms with van der Waals surface area (Å²) in [5, 5.41) is 2.61. The average molecular weight is 405 g/mol. The lowest BCUT2D eigenvalue weighted by Gasteiger charge is -2.05. The number of aromatic nitrogens is 1. The van der Waals surface area contributed by atoms with Gasteiger partial charge in [-0.2, -0.15) is 0 Å². The lowest BCUT2D eigenvalue weighted by Crippen LogP contribution is -2.30. The number of rotatable bonds is 7. The number of nitrogens with one attached hydrogen (secondary N) is 2. The second-order valence-electron chi connectivity index (χ2n) is 5.91. The van der Waals surface area contributed by atoms with Crippen LogP contribution < -0.4 is 5.32 Å². The molecule has 0 saturated heterocycles. The second-order valence-corrected chi connectivity index (χ2v) is 6.83. The van der Waals surface area contributed by atoms with Crippen LogP contribution in [0.15, 0.2) is 28.7 Å². The first-order chi connectivity index (χ1) is 11.8. The fourth-order valence-corrected chi connectivity index (χ4v) is 3.05. The van der Waals surface area contributed by atoms with Gasteiger partial charge in [0.2, 0.25) is 5.91 Å². The molecule has 25 heavy (non-hydrogen) atoms.